The van der Waals surface area contributed by atoms with Gasteiger partial charge >= 0.3 is 11.9 Å². The second-order valence-electron chi connectivity index (χ2n) is 16.8. The van der Waals surface area contributed by atoms with Crippen LogP contribution in [-0.2, 0) is 46.3 Å². The quantitative estimate of drug-likeness (QED) is 0.0421. The molecule has 7 rings (SSSR count). The van der Waals surface area contributed by atoms with E-state index in [-0.39, 0.29) is 96.6 Å². The number of ether oxygens (including phenoxy) is 2. The van der Waals surface area contributed by atoms with Gasteiger partial charge in [-0.05, 0) is 79.6 Å². The molecule has 2 saturated heterocycles. The van der Waals surface area contributed by atoms with Crippen molar-refractivity contribution in [2.45, 2.75) is 82.2 Å². The number of unbranched alkanes of at least 4 members (excludes halogenated alkanes) is 3. The summed E-state index contributed by atoms with van der Waals surface area (Å²) in [5, 5.41) is 30.0. The SMILES string of the molecule is O=C(O)COc1c(C(=O)O)sc(-c2cccc(NC3CCN(S(=O)(=O)Cc4cccc(NC(=O)CCCCCCNC(=O)COc5cccc6c5CN(C5CCC(=O)NC5=O)C6=O)c4)CC3)c2)c1Cl. The van der Waals surface area contributed by atoms with Gasteiger partial charge in [-0.25, -0.2) is 22.3 Å². The van der Waals surface area contributed by atoms with Crippen LogP contribution in [0.5, 0.6) is 11.5 Å². The standard InChI is InChI=1S/C47H51ClN6O13S2/c48-41-42(67-26-40(58)59)44(47(62)63)68-43(41)29-9-6-11-32(23-29)50-30-17-20-53(21-18-30)69(64,65)27-28-8-5-10-31(22-28)51-37(55)14-3-1-2-4-19-49-39(57)25-66-36-13-7-12-33-34(36)24-54(46(33)61)35-15-16-38(56)52-45(35)60/h5-13,22-23,30,35,50H,1-4,14-21,24-27H2,(H,49,57)(H,51,55)(H,58,59)(H,62,63)(H,52,56,60). The van der Waals surface area contributed by atoms with Crippen LogP contribution in [0.4, 0.5) is 11.4 Å². The molecule has 4 heterocycles. The fraction of sp³-hybridized carbons (Fsp3) is 0.383. The number of amides is 5. The van der Waals surface area contributed by atoms with Crippen LogP contribution < -0.4 is 30.7 Å². The van der Waals surface area contributed by atoms with E-state index in [1.54, 1.807) is 60.7 Å². The number of carbonyl (C=O) groups is 7. The molecule has 0 spiro atoms. The molecule has 1 atom stereocenters. The van der Waals surface area contributed by atoms with E-state index in [1.165, 1.54) is 9.21 Å². The van der Waals surface area contributed by atoms with Crippen molar-refractivity contribution in [2.75, 3.05) is 43.5 Å². The molecule has 19 nitrogen and oxygen atoms in total. The van der Waals surface area contributed by atoms with Crippen molar-refractivity contribution >= 4 is 85.8 Å². The molecular weight excluding hydrogens is 956 g/mol. The van der Waals surface area contributed by atoms with Crippen LogP contribution in [-0.4, -0.2) is 114 Å². The first-order valence-corrected chi connectivity index (χ1v) is 25.2. The van der Waals surface area contributed by atoms with Gasteiger partial charge in [0.25, 0.3) is 11.8 Å². The van der Waals surface area contributed by atoms with Gasteiger partial charge in [0, 0.05) is 61.0 Å². The molecule has 3 aliphatic heterocycles. The number of sulfonamides is 1. The zero-order valence-corrected chi connectivity index (χ0v) is 39.7. The third-order valence-electron chi connectivity index (χ3n) is 11.8. The second kappa shape index (κ2) is 22.7. The maximum absolute atomic E-state index is 13.5. The topological polar surface area (TPSA) is 267 Å². The Morgan fingerprint density at radius 2 is 1.59 bits per heavy atom. The fourth-order valence-electron chi connectivity index (χ4n) is 8.39. The van der Waals surface area contributed by atoms with Crippen LogP contribution in [0.1, 0.15) is 88.9 Å². The van der Waals surface area contributed by atoms with E-state index in [0.717, 1.165) is 24.2 Å². The number of aliphatic carboxylic acids is 1. The predicted octanol–water partition coefficient (Wildman–Crippen LogP) is 5.48. The molecule has 0 saturated carbocycles. The highest BCUT2D eigenvalue weighted by Gasteiger charge is 2.40. The maximum atomic E-state index is 13.5. The Bertz CT molecular complexity index is 2740. The van der Waals surface area contributed by atoms with Crippen molar-refractivity contribution in [3.8, 4) is 21.9 Å². The van der Waals surface area contributed by atoms with Gasteiger partial charge < -0.3 is 40.5 Å². The molecule has 3 aromatic carbocycles. The molecule has 4 aromatic rings. The summed E-state index contributed by atoms with van der Waals surface area (Å²) in [5.74, 6) is -4.39. The van der Waals surface area contributed by atoms with Crippen molar-refractivity contribution in [3.05, 3.63) is 93.3 Å². The number of nitrogens with zero attached hydrogens (tertiary/aromatic N) is 2. The van der Waals surface area contributed by atoms with Gasteiger partial charge in [0.1, 0.15) is 16.8 Å². The Labute approximate surface area is 406 Å². The minimum atomic E-state index is -3.69. The van der Waals surface area contributed by atoms with Gasteiger partial charge in [-0.15, -0.1) is 11.3 Å². The van der Waals surface area contributed by atoms with Crippen LogP contribution >= 0.6 is 22.9 Å². The number of thiophene rings is 1. The van der Waals surface area contributed by atoms with Gasteiger partial charge in [-0.2, -0.15) is 0 Å². The Kier molecular flexibility index (Phi) is 16.6. The number of benzene rings is 3. The van der Waals surface area contributed by atoms with E-state index < -0.39 is 40.5 Å². The number of carbonyl (C=O) groups excluding carboxylic acids is 5. The van der Waals surface area contributed by atoms with E-state index in [9.17, 15) is 47.1 Å². The maximum Gasteiger partial charge on any atom is 0.349 e. The molecule has 6 N–H and O–H groups in total. The molecule has 0 bridgehead atoms. The summed E-state index contributed by atoms with van der Waals surface area (Å²) >= 11 is 7.35. The molecule has 2 fully saturated rings. The summed E-state index contributed by atoms with van der Waals surface area (Å²) in [4.78, 5) is 86.8. The Balaban J connectivity index is 0.782. The van der Waals surface area contributed by atoms with Crippen LogP contribution in [0.2, 0.25) is 5.02 Å². The van der Waals surface area contributed by atoms with E-state index in [2.05, 4.69) is 21.3 Å². The summed E-state index contributed by atoms with van der Waals surface area (Å²) in [6.45, 7) is 0.0995. The first-order valence-electron chi connectivity index (χ1n) is 22.4. The minimum absolute atomic E-state index is 0.00315. The summed E-state index contributed by atoms with van der Waals surface area (Å²) in [5.41, 5.74) is 3.31. The molecule has 5 amide bonds. The summed E-state index contributed by atoms with van der Waals surface area (Å²) < 4.78 is 39.4. The van der Waals surface area contributed by atoms with Gasteiger partial charge in [-0.1, -0.05) is 54.8 Å². The lowest BCUT2D eigenvalue weighted by molar-refractivity contribution is -0.139. The predicted molar refractivity (Wildman–Crippen MR) is 255 cm³/mol. The summed E-state index contributed by atoms with van der Waals surface area (Å²) in [7, 11) is -3.69. The highest BCUT2D eigenvalue weighted by atomic mass is 35.5. The first kappa shape index (κ1) is 50.3. The summed E-state index contributed by atoms with van der Waals surface area (Å²) in [6.07, 6.45) is 4.51. The third kappa shape index (κ3) is 13.0. The van der Waals surface area contributed by atoms with Gasteiger partial charge in [0.05, 0.1) is 17.2 Å². The van der Waals surface area contributed by atoms with Crippen LogP contribution in [0.3, 0.4) is 0 Å². The number of hydrogen-bond acceptors (Lipinski definition) is 13. The van der Waals surface area contributed by atoms with E-state index >= 15 is 0 Å². The molecule has 22 heteroatoms. The number of fused-ring (bicyclic) bond motifs is 1. The molecule has 1 unspecified atom stereocenters. The number of hydrogen-bond donors (Lipinski definition) is 6. The number of piperidine rings is 2. The van der Waals surface area contributed by atoms with Gasteiger partial charge in [-0.3, -0.25) is 29.3 Å². The fourth-order valence-corrected chi connectivity index (χ4v) is 11.3. The number of halogens is 1. The minimum Gasteiger partial charge on any atom is -0.483 e. The van der Waals surface area contributed by atoms with Crippen molar-refractivity contribution in [3.63, 3.8) is 0 Å². The Morgan fingerprint density at radius 1 is 0.855 bits per heavy atom. The summed E-state index contributed by atoms with van der Waals surface area (Å²) in [6, 6.07) is 18.0. The smallest absolute Gasteiger partial charge is 0.349 e. The van der Waals surface area contributed by atoms with Crippen molar-refractivity contribution in [1.82, 2.24) is 19.8 Å². The third-order valence-corrected chi connectivity index (χ3v) is 15.3. The van der Waals surface area contributed by atoms with E-state index in [0.29, 0.717) is 76.5 Å². The number of aromatic carboxylic acids is 1. The number of rotatable bonds is 22. The highest BCUT2D eigenvalue weighted by molar-refractivity contribution is 7.88. The van der Waals surface area contributed by atoms with Crippen LogP contribution in [0.15, 0.2) is 66.7 Å². The first-order chi connectivity index (χ1) is 33.1. The Morgan fingerprint density at radius 3 is 2.35 bits per heavy atom. The molecule has 0 radical (unpaired) electrons. The lowest BCUT2D eigenvalue weighted by Crippen LogP contribution is -2.52. The highest BCUT2D eigenvalue weighted by Crippen LogP contribution is 2.46. The largest absolute Gasteiger partial charge is 0.483 e. The number of carboxylic acid groups (broad SMARTS) is 2. The normalized spacial score (nSPS) is 16.4. The van der Waals surface area contributed by atoms with Crippen molar-refractivity contribution in [2.24, 2.45) is 0 Å². The molecule has 0 aliphatic carbocycles. The number of carboxylic acids is 2. The molecule has 69 heavy (non-hydrogen) atoms. The second-order valence-corrected chi connectivity index (χ2v) is 20.1. The molecule has 3 aliphatic rings. The monoisotopic (exact) mass is 1010 g/mol. The van der Waals surface area contributed by atoms with E-state index in [4.69, 9.17) is 26.2 Å². The van der Waals surface area contributed by atoms with Gasteiger partial charge in [0.15, 0.2) is 23.8 Å². The van der Waals surface area contributed by atoms with Crippen LogP contribution in [0.25, 0.3) is 10.4 Å². The number of nitrogens with one attached hydrogen (secondary N) is 4. The molecule has 366 valence electrons. The molecule has 1 aromatic heterocycles. The zero-order chi connectivity index (χ0) is 49.2. The lowest BCUT2D eigenvalue weighted by atomic mass is 10.0. The van der Waals surface area contributed by atoms with Crippen molar-refractivity contribution < 1.29 is 61.7 Å². The molecular formula is C47H51ClN6O13S2. The number of imide groups is 1. The Hall–Kier alpha value is -6.55. The van der Waals surface area contributed by atoms with E-state index in [1.807, 2.05) is 6.07 Å². The van der Waals surface area contributed by atoms with Crippen LogP contribution in [0, 0.1) is 0 Å². The van der Waals surface area contributed by atoms with Gasteiger partial charge in [0.2, 0.25) is 27.7 Å². The van der Waals surface area contributed by atoms with Crippen molar-refractivity contribution in [1.29, 1.82) is 0 Å². The zero-order valence-electron chi connectivity index (χ0n) is 37.3. The average molecular weight is 1010 g/mol. The lowest BCUT2D eigenvalue weighted by Gasteiger charge is -2.32. The average Bonchev–Trinajstić information content (AvgIpc) is 3.83. The number of anilines is 2.